The summed E-state index contributed by atoms with van der Waals surface area (Å²) >= 11 is 0. The smallest absolute Gasteiger partial charge is 0.243 e. The number of ether oxygens (including phenoxy) is 1. The van der Waals surface area contributed by atoms with Crippen LogP contribution < -0.4 is 4.74 Å². The van der Waals surface area contributed by atoms with Crippen molar-refractivity contribution in [3.63, 3.8) is 0 Å². The van der Waals surface area contributed by atoms with E-state index in [2.05, 4.69) is 9.88 Å². The number of benzene rings is 1. The van der Waals surface area contributed by atoms with Crippen LogP contribution in [-0.2, 0) is 16.6 Å². The third kappa shape index (κ3) is 3.90. The van der Waals surface area contributed by atoms with E-state index in [0.29, 0.717) is 42.4 Å². The largest absolute Gasteiger partial charge is 0.496 e. The zero-order valence-corrected chi connectivity index (χ0v) is 16.3. The topological polar surface area (TPSA) is 62.7 Å². The lowest BCUT2D eigenvalue weighted by atomic mass is 10.1. The minimum Gasteiger partial charge on any atom is -0.496 e. The van der Waals surface area contributed by atoms with E-state index >= 15 is 0 Å². The molecular formula is C19H25N3O3S. The van der Waals surface area contributed by atoms with E-state index in [1.807, 2.05) is 32.0 Å². The Hall–Kier alpha value is -1.96. The predicted molar refractivity (Wildman–Crippen MR) is 101 cm³/mol. The van der Waals surface area contributed by atoms with Gasteiger partial charge in [-0.1, -0.05) is 6.07 Å². The van der Waals surface area contributed by atoms with E-state index < -0.39 is 10.0 Å². The van der Waals surface area contributed by atoms with Gasteiger partial charge in [0.2, 0.25) is 10.0 Å². The number of sulfonamides is 1. The number of hydrogen-bond acceptors (Lipinski definition) is 5. The van der Waals surface area contributed by atoms with Crippen molar-refractivity contribution in [1.82, 2.24) is 14.2 Å². The number of aryl methyl sites for hydroxylation is 2. The molecular weight excluding hydrogens is 350 g/mol. The summed E-state index contributed by atoms with van der Waals surface area (Å²) in [5, 5.41) is 0. The van der Waals surface area contributed by atoms with Crippen molar-refractivity contribution in [2.75, 3.05) is 33.3 Å². The predicted octanol–water partition coefficient (Wildman–Crippen LogP) is 2.21. The van der Waals surface area contributed by atoms with Gasteiger partial charge >= 0.3 is 0 Å². The lowest BCUT2D eigenvalue weighted by molar-refractivity contribution is 0.180. The van der Waals surface area contributed by atoms with Crippen molar-refractivity contribution < 1.29 is 13.2 Å². The Labute approximate surface area is 155 Å². The first-order valence-electron chi connectivity index (χ1n) is 8.69. The van der Waals surface area contributed by atoms with Gasteiger partial charge in [-0.2, -0.15) is 4.31 Å². The third-order valence-corrected chi connectivity index (χ3v) is 6.79. The minimum absolute atomic E-state index is 0.369. The molecule has 0 amide bonds. The second-order valence-electron chi connectivity index (χ2n) is 6.59. The molecule has 140 valence electrons. The Morgan fingerprint density at radius 3 is 2.42 bits per heavy atom. The molecule has 2 heterocycles. The maximum absolute atomic E-state index is 13.1. The van der Waals surface area contributed by atoms with Crippen LogP contribution in [0.2, 0.25) is 0 Å². The zero-order chi connectivity index (χ0) is 18.7. The molecule has 2 aromatic rings. The molecule has 0 unspecified atom stereocenters. The highest BCUT2D eigenvalue weighted by molar-refractivity contribution is 7.89. The van der Waals surface area contributed by atoms with Gasteiger partial charge in [-0.15, -0.1) is 0 Å². The van der Waals surface area contributed by atoms with Crippen molar-refractivity contribution in [3.8, 4) is 5.75 Å². The fourth-order valence-corrected chi connectivity index (χ4v) is 4.96. The van der Waals surface area contributed by atoms with Crippen LogP contribution in [0.3, 0.4) is 0 Å². The Morgan fingerprint density at radius 1 is 1.08 bits per heavy atom. The van der Waals surface area contributed by atoms with Gasteiger partial charge in [0.15, 0.2) is 0 Å². The average molecular weight is 375 g/mol. The number of methoxy groups -OCH3 is 1. The second-order valence-corrected chi connectivity index (χ2v) is 8.49. The minimum atomic E-state index is -3.50. The molecule has 0 atom stereocenters. The van der Waals surface area contributed by atoms with Gasteiger partial charge in [0, 0.05) is 38.9 Å². The highest BCUT2D eigenvalue weighted by Gasteiger charge is 2.30. The van der Waals surface area contributed by atoms with E-state index in [0.717, 1.165) is 17.8 Å². The summed E-state index contributed by atoms with van der Waals surface area (Å²) in [6.07, 6.45) is 1.78. The van der Waals surface area contributed by atoms with E-state index in [-0.39, 0.29) is 0 Å². The fraction of sp³-hybridized carbons (Fsp3) is 0.421. The molecule has 1 saturated heterocycles. The van der Waals surface area contributed by atoms with Crippen molar-refractivity contribution in [2.45, 2.75) is 25.3 Å². The summed E-state index contributed by atoms with van der Waals surface area (Å²) in [5.41, 5.74) is 2.54. The monoisotopic (exact) mass is 375 g/mol. The van der Waals surface area contributed by atoms with Gasteiger partial charge < -0.3 is 4.74 Å². The van der Waals surface area contributed by atoms with E-state index in [1.165, 1.54) is 0 Å². The molecule has 1 fully saturated rings. The first-order valence-corrected chi connectivity index (χ1v) is 10.1. The molecule has 0 spiro atoms. The molecule has 1 aliphatic heterocycles. The molecule has 0 aliphatic carbocycles. The van der Waals surface area contributed by atoms with Crippen LogP contribution in [0.4, 0.5) is 0 Å². The van der Waals surface area contributed by atoms with E-state index in [1.54, 1.807) is 29.7 Å². The number of pyridine rings is 1. The molecule has 0 radical (unpaired) electrons. The van der Waals surface area contributed by atoms with E-state index in [9.17, 15) is 8.42 Å². The van der Waals surface area contributed by atoms with Crippen molar-refractivity contribution in [1.29, 1.82) is 0 Å². The van der Waals surface area contributed by atoms with Gasteiger partial charge in [-0.05, 0) is 49.2 Å². The van der Waals surface area contributed by atoms with Gasteiger partial charge in [0.25, 0.3) is 0 Å². The van der Waals surface area contributed by atoms with Crippen LogP contribution in [0.15, 0.2) is 41.4 Å². The highest BCUT2D eigenvalue weighted by atomic mass is 32.2. The molecule has 1 aromatic carbocycles. The molecule has 7 heteroatoms. The van der Waals surface area contributed by atoms with Gasteiger partial charge in [-0.25, -0.2) is 8.42 Å². The van der Waals surface area contributed by atoms with Crippen molar-refractivity contribution in [3.05, 3.63) is 53.3 Å². The van der Waals surface area contributed by atoms with Crippen LogP contribution in [-0.4, -0.2) is 55.9 Å². The molecule has 0 N–H and O–H groups in total. The quantitative estimate of drug-likeness (QED) is 0.802. The standard InChI is InChI=1S/C19H25N3O3S/c1-15-13-19(16(2)12-18(15)25-3)26(23,24)22-10-8-21(9-11-22)14-17-6-4-5-7-20-17/h4-7,12-13H,8-11,14H2,1-3H3. The Kier molecular flexibility index (Phi) is 5.60. The molecule has 0 saturated carbocycles. The van der Waals surface area contributed by atoms with Crippen LogP contribution in [0.5, 0.6) is 5.75 Å². The summed E-state index contributed by atoms with van der Waals surface area (Å²) in [6, 6.07) is 9.36. The lowest BCUT2D eigenvalue weighted by Gasteiger charge is -2.34. The van der Waals surface area contributed by atoms with Crippen LogP contribution in [0.1, 0.15) is 16.8 Å². The summed E-state index contributed by atoms with van der Waals surface area (Å²) in [7, 11) is -1.91. The maximum atomic E-state index is 13.1. The number of rotatable bonds is 5. The molecule has 3 rings (SSSR count). The van der Waals surface area contributed by atoms with Crippen LogP contribution in [0, 0.1) is 13.8 Å². The van der Waals surface area contributed by atoms with Gasteiger partial charge in [0.1, 0.15) is 5.75 Å². The zero-order valence-electron chi connectivity index (χ0n) is 15.5. The van der Waals surface area contributed by atoms with Crippen molar-refractivity contribution in [2.24, 2.45) is 0 Å². The number of aromatic nitrogens is 1. The normalized spacial score (nSPS) is 16.6. The Balaban J connectivity index is 1.71. The third-order valence-electron chi connectivity index (χ3n) is 4.75. The molecule has 6 nitrogen and oxygen atoms in total. The van der Waals surface area contributed by atoms with E-state index in [4.69, 9.17) is 4.74 Å². The maximum Gasteiger partial charge on any atom is 0.243 e. The Morgan fingerprint density at radius 2 is 1.81 bits per heavy atom. The first kappa shape index (κ1) is 18.8. The summed E-state index contributed by atoms with van der Waals surface area (Å²) in [5.74, 6) is 0.710. The second kappa shape index (κ2) is 7.73. The van der Waals surface area contributed by atoms with Gasteiger partial charge in [0.05, 0.1) is 17.7 Å². The Bertz CT molecular complexity index is 861. The summed E-state index contributed by atoms with van der Waals surface area (Å²) < 4.78 is 33.0. The van der Waals surface area contributed by atoms with Crippen LogP contribution in [0.25, 0.3) is 0 Å². The molecule has 1 aliphatic rings. The molecule has 26 heavy (non-hydrogen) atoms. The summed E-state index contributed by atoms with van der Waals surface area (Å²) in [4.78, 5) is 6.95. The SMILES string of the molecule is COc1cc(C)c(S(=O)(=O)N2CCN(Cc3ccccn3)CC2)cc1C. The molecule has 1 aromatic heterocycles. The van der Waals surface area contributed by atoms with Crippen LogP contribution >= 0.6 is 0 Å². The first-order chi connectivity index (χ1) is 12.4. The number of piperazine rings is 1. The molecule has 0 bridgehead atoms. The van der Waals surface area contributed by atoms with Gasteiger partial charge in [-0.3, -0.25) is 9.88 Å². The average Bonchev–Trinajstić information content (AvgIpc) is 2.64. The highest BCUT2D eigenvalue weighted by Crippen LogP contribution is 2.28. The number of nitrogens with zero attached hydrogens (tertiary/aromatic N) is 3. The number of hydrogen-bond donors (Lipinski definition) is 0. The fourth-order valence-electron chi connectivity index (χ4n) is 3.25. The van der Waals surface area contributed by atoms with Crippen molar-refractivity contribution >= 4 is 10.0 Å². The summed E-state index contributed by atoms with van der Waals surface area (Å²) in [6.45, 7) is 6.79. The lowest BCUT2D eigenvalue weighted by Crippen LogP contribution is -2.48.